The summed E-state index contributed by atoms with van der Waals surface area (Å²) in [4.78, 5) is 22.5. The number of hydrogen-bond donors (Lipinski definition) is 0. The molecule has 0 radical (unpaired) electrons. The van der Waals surface area contributed by atoms with Gasteiger partial charge in [0, 0.05) is 25.4 Å². The summed E-state index contributed by atoms with van der Waals surface area (Å²) < 4.78 is 15.4. The van der Waals surface area contributed by atoms with Crippen LogP contribution in [0.25, 0.3) is 0 Å². The first kappa shape index (κ1) is 13.2. The zero-order valence-corrected chi connectivity index (χ0v) is 10.9. The molecule has 0 aliphatic carbocycles. The molecule has 1 atom stereocenters. The van der Waals surface area contributed by atoms with Crippen molar-refractivity contribution in [3.8, 4) is 0 Å². The van der Waals surface area contributed by atoms with Crippen LogP contribution in [0, 0.1) is 5.92 Å². The molecule has 0 N–H and O–H groups in total. The molecule has 1 aliphatic heterocycles. The van der Waals surface area contributed by atoms with Gasteiger partial charge < -0.3 is 13.6 Å². The van der Waals surface area contributed by atoms with E-state index in [-0.39, 0.29) is 11.9 Å². The van der Waals surface area contributed by atoms with Crippen LogP contribution in [0.15, 0.2) is 0 Å². The monoisotopic (exact) mass is 246 g/mol. The molecule has 0 aromatic heterocycles. The van der Waals surface area contributed by atoms with Crippen LogP contribution in [0.1, 0.15) is 20.3 Å². The van der Waals surface area contributed by atoms with E-state index < -0.39 is 14.5 Å². The molecule has 1 unspecified atom stereocenters. The van der Waals surface area contributed by atoms with E-state index in [1.807, 2.05) is 6.92 Å². The highest BCUT2D eigenvalue weighted by Crippen LogP contribution is 2.19. The van der Waals surface area contributed by atoms with Crippen LogP contribution in [-0.2, 0) is 23.2 Å². The molecule has 0 saturated carbocycles. The lowest BCUT2D eigenvalue weighted by atomic mass is 10.1. The maximum absolute atomic E-state index is 11.6. The van der Waals surface area contributed by atoms with Crippen molar-refractivity contribution in [2.24, 2.45) is 5.92 Å². The first-order valence-electron chi connectivity index (χ1n) is 5.44. The summed E-state index contributed by atoms with van der Waals surface area (Å²) in [6.45, 7) is 6.15. The minimum atomic E-state index is -2.64. The number of carbonyl (C=O) groups is 2. The molecule has 0 amide bonds. The van der Waals surface area contributed by atoms with Gasteiger partial charge in [0.05, 0.1) is 19.6 Å². The van der Waals surface area contributed by atoms with Crippen LogP contribution in [0.2, 0.25) is 12.6 Å². The first-order chi connectivity index (χ1) is 7.45. The summed E-state index contributed by atoms with van der Waals surface area (Å²) in [5.74, 6) is -0.415. The van der Waals surface area contributed by atoms with Crippen molar-refractivity contribution in [3.63, 3.8) is 0 Å². The Balaban J connectivity index is 2.40. The molecule has 1 saturated heterocycles. The van der Waals surface area contributed by atoms with Gasteiger partial charge >= 0.3 is 8.56 Å². The highest BCUT2D eigenvalue weighted by atomic mass is 28.4. The van der Waals surface area contributed by atoms with E-state index in [2.05, 4.69) is 0 Å². The zero-order chi connectivity index (χ0) is 12.2. The quantitative estimate of drug-likeness (QED) is 0.683. The summed E-state index contributed by atoms with van der Waals surface area (Å²) >= 11 is 0. The van der Waals surface area contributed by atoms with Crippen LogP contribution < -0.4 is 0 Å². The van der Waals surface area contributed by atoms with Crippen LogP contribution in [-0.4, -0.2) is 33.7 Å². The predicted octanol–water partition coefficient (Wildman–Crippen LogP) is 1.22. The second-order valence-electron chi connectivity index (χ2n) is 4.16. The van der Waals surface area contributed by atoms with Crippen molar-refractivity contribution in [3.05, 3.63) is 0 Å². The average Bonchev–Trinajstić information content (AvgIpc) is 2.10. The fourth-order valence-electron chi connectivity index (χ4n) is 1.39. The fourth-order valence-corrected chi connectivity index (χ4v) is 2.89. The third kappa shape index (κ3) is 3.94. The van der Waals surface area contributed by atoms with Gasteiger partial charge in [-0.1, -0.05) is 6.92 Å². The van der Waals surface area contributed by atoms with Gasteiger partial charge in [-0.05, 0) is 0 Å². The average molecular weight is 246 g/mol. The van der Waals surface area contributed by atoms with Gasteiger partial charge in [0.25, 0.3) is 11.9 Å². The Morgan fingerprint density at radius 1 is 1.38 bits per heavy atom. The molecule has 1 fully saturated rings. The maximum Gasteiger partial charge on any atom is 0.460 e. The van der Waals surface area contributed by atoms with E-state index in [1.54, 1.807) is 6.55 Å². The Hall–Kier alpha value is -0.883. The molecule has 0 aromatic carbocycles. The van der Waals surface area contributed by atoms with E-state index in [1.165, 1.54) is 6.92 Å². The summed E-state index contributed by atoms with van der Waals surface area (Å²) in [6.07, 6.45) is 0.351. The van der Waals surface area contributed by atoms with Gasteiger partial charge in [-0.25, -0.2) is 0 Å². The Kier molecular flexibility index (Phi) is 4.49. The second-order valence-corrected chi connectivity index (χ2v) is 7.55. The minimum absolute atomic E-state index is 0.264. The number of rotatable bonds is 5. The van der Waals surface area contributed by atoms with E-state index in [0.29, 0.717) is 25.7 Å². The van der Waals surface area contributed by atoms with Gasteiger partial charge in [0.1, 0.15) is 0 Å². The van der Waals surface area contributed by atoms with E-state index in [4.69, 9.17) is 13.6 Å². The highest BCUT2D eigenvalue weighted by Gasteiger charge is 2.37. The molecule has 0 spiro atoms. The molecule has 16 heavy (non-hydrogen) atoms. The molecule has 92 valence electrons. The topological polar surface area (TPSA) is 61.8 Å². The molecule has 0 bridgehead atoms. The van der Waals surface area contributed by atoms with Crippen molar-refractivity contribution < 1.29 is 23.2 Å². The van der Waals surface area contributed by atoms with Crippen LogP contribution >= 0.6 is 0 Å². The van der Waals surface area contributed by atoms with Gasteiger partial charge in [-0.15, -0.1) is 0 Å². The largest absolute Gasteiger partial charge is 0.485 e. The number of carbonyl (C=O) groups excluding carboxylic acids is 2. The van der Waals surface area contributed by atoms with Crippen LogP contribution in [0.5, 0.6) is 0 Å². The highest BCUT2D eigenvalue weighted by molar-refractivity contribution is 6.68. The summed E-state index contributed by atoms with van der Waals surface area (Å²) in [5, 5.41) is 0. The Labute approximate surface area is 96.3 Å². The smallest absolute Gasteiger partial charge is 0.460 e. The summed E-state index contributed by atoms with van der Waals surface area (Å²) in [5.41, 5.74) is 0. The van der Waals surface area contributed by atoms with Crippen LogP contribution in [0.4, 0.5) is 0 Å². The third-order valence-electron chi connectivity index (χ3n) is 2.49. The molecule has 1 heterocycles. The molecule has 1 rings (SSSR count). The SMILES string of the molecule is CC[Si](C)(OC(C)=O)OC(=O)CC1COC1. The first-order valence-corrected chi connectivity index (χ1v) is 7.96. The third-order valence-corrected chi connectivity index (χ3v) is 5.16. The van der Waals surface area contributed by atoms with Gasteiger partial charge in [0.15, 0.2) is 0 Å². The van der Waals surface area contributed by atoms with Crippen molar-refractivity contribution in [1.29, 1.82) is 0 Å². The van der Waals surface area contributed by atoms with Crippen molar-refractivity contribution in [2.75, 3.05) is 13.2 Å². The Bertz CT molecular complexity index is 276. The molecule has 1 aliphatic rings. The summed E-state index contributed by atoms with van der Waals surface area (Å²) in [6, 6.07) is 0.569. The van der Waals surface area contributed by atoms with E-state index in [9.17, 15) is 9.59 Å². The van der Waals surface area contributed by atoms with Gasteiger partial charge in [-0.3, -0.25) is 9.59 Å². The molecule has 5 nitrogen and oxygen atoms in total. The van der Waals surface area contributed by atoms with E-state index in [0.717, 1.165) is 0 Å². The van der Waals surface area contributed by atoms with Gasteiger partial charge in [0.2, 0.25) is 0 Å². The molecule has 0 aromatic rings. The Morgan fingerprint density at radius 2 is 2.00 bits per heavy atom. The minimum Gasteiger partial charge on any atom is -0.485 e. The van der Waals surface area contributed by atoms with Gasteiger partial charge in [-0.2, -0.15) is 0 Å². The molecular formula is C10H18O5Si. The molecular weight excluding hydrogens is 228 g/mol. The lowest BCUT2D eigenvalue weighted by molar-refractivity contribution is -0.144. The fraction of sp³-hybridized carbons (Fsp3) is 0.800. The van der Waals surface area contributed by atoms with Crippen molar-refractivity contribution in [1.82, 2.24) is 0 Å². The zero-order valence-electron chi connectivity index (χ0n) is 9.95. The number of ether oxygens (including phenoxy) is 1. The predicted molar refractivity (Wildman–Crippen MR) is 58.9 cm³/mol. The maximum atomic E-state index is 11.6. The number of hydrogen-bond acceptors (Lipinski definition) is 5. The standard InChI is InChI=1S/C10H18O5Si/c1-4-16(3,14-8(2)11)15-10(12)5-9-6-13-7-9/h9H,4-7H2,1-3H3. The lowest BCUT2D eigenvalue weighted by Gasteiger charge is -2.28. The normalized spacial score (nSPS) is 19.4. The van der Waals surface area contributed by atoms with Crippen LogP contribution in [0.3, 0.4) is 0 Å². The molecule has 6 heteroatoms. The summed E-state index contributed by atoms with van der Waals surface area (Å²) in [7, 11) is -2.64. The second kappa shape index (κ2) is 5.45. The van der Waals surface area contributed by atoms with E-state index >= 15 is 0 Å². The van der Waals surface area contributed by atoms with Crippen molar-refractivity contribution in [2.45, 2.75) is 32.9 Å². The Morgan fingerprint density at radius 3 is 2.38 bits per heavy atom. The lowest BCUT2D eigenvalue weighted by Crippen LogP contribution is -2.42. The van der Waals surface area contributed by atoms with Crippen molar-refractivity contribution >= 4 is 20.5 Å².